The van der Waals surface area contributed by atoms with Gasteiger partial charge in [-0.3, -0.25) is 4.90 Å². The summed E-state index contributed by atoms with van der Waals surface area (Å²) in [6.45, 7) is 4.24. The second-order valence-electron chi connectivity index (χ2n) is 4.99. The fourth-order valence-electron chi connectivity index (χ4n) is 2.64. The molecule has 2 aliphatic heterocycles. The summed E-state index contributed by atoms with van der Waals surface area (Å²) in [5.41, 5.74) is -0.0810. The first kappa shape index (κ1) is 11.3. The summed E-state index contributed by atoms with van der Waals surface area (Å²) in [7, 11) is 0. The van der Waals surface area contributed by atoms with Gasteiger partial charge in [-0.25, -0.2) is 0 Å². The molecule has 2 unspecified atom stereocenters. The summed E-state index contributed by atoms with van der Waals surface area (Å²) >= 11 is 0. The van der Waals surface area contributed by atoms with Gasteiger partial charge in [-0.05, 0) is 19.3 Å². The van der Waals surface area contributed by atoms with Gasteiger partial charge in [0, 0.05) is 31.7 Å². The van der Waals surface area contributed by atoms with Crippen molar-refractivity contribution in [3.8, 4) is 0 Å². The highest BCUT2D eigenvalue weighted by Crippen LogP contribution is 2.30. The summed E-state index contributed by atoms with van der Waals surface area (Å²) in [5.74, 6) is 0. The topological polar surface area (TPSA) is 52.9 Å². The van der Waals surface area contributed by atoms with Crippen LogP contribution < -0.4 is 0 Å². The van der Waals surface area contributed by atoms with E-state index in [1.807, 2.05) is 0 Å². The van der Waals surface area contributed by atoms with Gasteiger partial charge < -0.3 is 14.9 Å². The molecule has 15 heavy (non-hydrogen) atoms. The minimum Gasteiger partial charge on any atom is -0.396 e. The van der Waals surface area contributed by atoms with Gasteiger partial charge in [0.25, 0.3) is 0 Å². The molecule has 0 spiro atoms. The zero-order valence-electron chi connectivity index (χ0n) is 9.19. The van der Waals surface area contributed by atoms with Gasteiger partial charge in [0.2, 0.25) is 0 Å². The van der Waals surface area contributed by atoms with Gasteiger partial charge in [-0.1, -0.05) is 0 Å². The molecule has 0 aromatic heterocycles. The molecular formula is C11H21NO3. The highest BCUT2D eigenvalue weighted by Gasteiger charge is 2.36. The Kier molecular flexibility index (Phi) is 3.61. The Labute approximate surface area is 90.8 Å². The van der Waals surface area contributed by atoms with Crippen molar-refractivity contribution in [3.05, 3.63) is 0 Å². The third-order valence-electron chi connectivity index (χ3n) is 3.55. The van der Waals surface area contributed by atoms with Crippen molar-refractivity contribution in [1.82, 2.24) is 4.90 Å². The van der Waals surface area contributed by atoms with Crippen molar-refractivity contribution in [2.75, 3.05) is 39.5 Å². The molecule has 0 aliphatic carbocycles. The molecule has 2 heterocycles. The number of nitrogens with zero attached hydrogens (tertiary/aromatic N) is 1. The lowest BCUT2D eigenvalue weighted by Crippen LogP contribution is -2.45. The van der Waals surface area contributed by atoms with Gasteiger partial charge in [0.05, 0.1) is 19.3 Å². The van der Waals surface area contributed by atoms with Crippen molar-refractivity contribution in [2.24, 2.45) is 5.41 Å². The van der Waals surface area contributed by atoms with E-state index in [-0.39, 0.29) is 18.1 Å². The normalized spacial score (nSPS) is 38.4. The van der Waals surface area contributed by atoms with E-state index in [1.54, 1.807) is 0 Å². The zero-order chi connectivity index (χ0) is 10.7. The predicted molar refractivity (Wildman–Crippen MR) is 56.6 cm³/mol. The van der Waals surface area contributed by atoms with Crippen LogP contribution in [0.25, 0.3) is 0 Å². The predicted octanol–water partition coefficient (Wildman–Crippen LogP) is -0.158. The summed E-state index contributed by atoms with van der Waals surface area (Å²) < 4.78 is 5.46. The number of hydrogen-bond acceptors (Lipinski definition) is 4. The molecule has 4 heteroatoms. The van der Waals surface area contributed by atoms with Crippen LogP contribution >= 0.6 is 0 Å². The quantitative estimate of drug-likeness (QED) is 0.687. The average molecular weight is 215 g/mol. The second-order valence-corrected chi connectivity index (χ2v) is 4.99. The summed E-state index contributed by atoms with van der Waals surface area (Å²) in [6.07, 6.45) is 2.76. The number of likely N-dealkylation sites (tertiary alicyclic amines) is 1. The van der Waals surface area contributed by atoms with Gasteiger partial charge in [0.1, 0.15) is 0 Å². The average Bonchev–Trinajstić information content (AvgIpc) is 2.65. The Balaban J connectivity index is 1.89. The molecule has 88 valence electrons. The third kappa shape index (κ3) is 2.69. The summed E-state index contributed by atoms with van der Waals surface area (Å²) in [6, 6.07) is 0. The van der Waals surface area contributed by atoms with Crippen LogP contribution in [0, 0.1) is 5.41 Å². The smallest absolute Gasteiger partial charge is 0.0679 e. The maximum absolute atomic E-state index is 9.50. The molecule has 0 aromatic rings. The SMILES string of the molecule is OCC1(CN2CCC(O)C2)CCCOC1. The molecule has 2 N–H and O–H groups in total. The number of aliphatic hydroxyl groups is 2. The molecule has 0 aromatic carbocycles. The van der Waals surface area contributed by atoms with Gasteiger partial charge >= 0.3 is 0 Å². The standard InChI is InChI=1S/C11H21NO3/c13-8-11(3-1-5-15-9-11)7-12-4-2-10(14)6-12/h10,13-14H,1-9H2. The summed E-state index contributed by atoms with van der Waals surface area (Å²) in [5, 5.41) is 18.9. The lowest BCUT2D eigenvalue weighted by molar-refractivity contribution is -0.0535. The van der Waals surface area contributed by atoms with E-state index in [0.717, 1.165) is 45.5 Å². The molecule has 2 rings (SSSR count). The van der Waals surface area contributed by atoms with Crippen LogP contribution in [0.15, 0.2) is 0 Å². The Morgan fingerprint density at radius 2 is 2.33 bits per heavy atom. The maximum atomic E-state index is 9.50. The molecule has 2 fully saturated rings. The minimum absolute atomic E-state index is 0.0810. The minimum atomic E-state index is -0.176. The first-order chi connectivity index (χ1) is 7.24. The lowest BCUT2D eigenvalue weighted by atomic mass is 9.83. The Hall–Kier alpha value is -0.160. The second kappa shape index (κ2) is 4.78. The number of ether oxygens (including phenoxy) is 1. The zero-order valence-corrected chi connectivity index (χ0v) is 9.19. The number of aliphatic hydroxyl groups excluding tert-OH is 2. The molecule has 2 saturated heterocycles. The number of rotatable bonds is 3. The van der Waals surface area contributed by atoms with Crippen molar-refractivity contribution >= 4 is 0 Å². The fourth-order valence-corrected chi connectivity index (χ4v) is 2.64. The highest BCUT2D eigenvalue weighted by molar-refractivity contribution is 4.87. The van der Waals surface area contributed by atoms with E-state index in [1.165, 1.54) is 0 Å². The van der Waals surface area contributed by atoms with Crippen molar-refractivity contribution in [1.29, 1.82) is 0 Å². The Morgan fingerprint density at radius 1 is 1.47 bits per heavy atom. The van der Waals surface area contributed by atoms with E-state index in [9.17, 15) is 10.2 Å². The molecule has 0 radical (unpaired) electrons. The molecule has 0 bridgehead atoms. The number of β-amino-alcohol motifs (C(OH)–C–C–N with tert-alkyl or cyclic N) is 1. The highest BCUT2D eigenvalue weighted by atomic mass is 16.5. The first-order valence-electron chi connectivity index (χ1n) is 5.83. The van der Waals surface area contributed by atoms with E-state index in [0.29, 0.717) is 6.61 Å². The third-order valence-corrected chi connectivity index (χ3v) is 3.55. The Morgan fingerprint density at radius 3 is 2.87 bits per heavy atom. The van der Waals surface area contributed by atoms with Crippen LogP contribution in [0.5, 0.6) is 0 Å². The maximum Gasteiger partial charge on any atom is 0.0679 e. The molecule has 4 nitrogen and oxygen atoms in total. The van der Waals surface area contributed by atoms with Crippen LogP contribution in [0.4, 0.5) is 0 Å². The summed E-state index contributed by atoms with van der Waals surface area (Å²) in [4.78, 5) is 2.25. The lowest BCUT2D eigenvalue weighted by Gasteiger charge is -2.38. The first-order valence-corrected chi connectivity index (χ1v) is 5.83. The molecule has 0 saturated carbocycles. The largest absolute Gasteiger partial charge is 0.396 e. The van der Waals surface area contributed by atoms with E-state index in [2.05, 4.69) is 4.90 Å². The molecule has 2 atom stereocenters. The molecule has 2 aliphatic rings. The van der Waals surface area contributed by atoms with Crippen LogP contribution in [0.2, 0.25) is 0 Å². The van der Waals surface area contributed by atoms with Crippen LogP contribution in [-0.2, 0) is 4.74 Å². The van der Waals surface area contributed by atoms with Gasteiger partial charge in [-0.15, -0.1) is 0 Å². The van der Waals surface area contributed by atoms with Crippen LogP contribution in [0.1, 0.15) is 19.3 Å². The molecule has 0 amide bonds. The Bertz CT molecular complexity index is 204. The van der Waals surface area contributed by atoms with Crippen LogP contribution in [0.3, 0.4) is 0 Å². The van der Waals surface area contributed by atoms with Gasteiger partial charge in [-0.2, -0.15) is 0 Å². The van der Waals surface area contributed by atoms with E-state index >= 15 is 0 Å². The van der Waals surface area contributed by atoms with E-state index in [4.69, 9.17) is 4.74 Å². The van der Waals surface area contributed by atoms with Crippen molar-refractivity contribution in [2.45, 2.75) is 25.4 Å². The van der Waals surface area contributed by atoms with Crippen molar-refractivity contribution < 1.29 is 14.9 Å². The monoisotopic (exact) mass is 215 g/mol. The fraction of sp³-hybridized carbons (Fsp3) is 1.00. The van der Waals surface area contributed by atoms with Crippen LogP contribution in [-0.4, -0.2) is 60.7 Å². The molecular weight excluding hydrogens is 194 g/mol. The van der Waals surface area contributed by atoms with Crippen molar-refractivity contribution in [3.63, 3.8) is 0 Å². The van der Waals surface area contributed by atoms with Gasteiger partial charge in [0.15, 0.2) is 0 Å². The van der Waals surface area contributed by atoms with E-state index < -0.39 is 0 Å². The number of hydrogen-bond donors (Lipinski definition) is 2.